The Bertz CT molecular complexity index is 820. The van der Waals surface area contributed by atoms with E-state index in [9.17, 15) is 9.59 Å². The number of fused-ring (bicyclic) bond motifs is 1. The van der Waals surface area contributed by atoms with Crippen molar-refractivity contribution in [3.8, 4) is 0 Å². The van der Waals surface area contributed by atoms with Gasteiger partial charge in [-0.2, -0.15) is 0 Å². The van der Waals surface area contributed by atoms with Gasteiger partial charge in [0.05, 0.1) is 6.54 Å². The zero-order chi connectivity index (χ0) is 18.7. The normalized spacial score (nSPS) is 14.7. The molecule has 0 aliphatic carbocycles. The number of carbonyl (C=O) groups is 2. The third-order valence-electron chi connectivity index (χ3n) is 4.60. The van der Waals surface area contributed by atoms with Crippen LogP contribution in [0.1, 0.15) is 24.5 Å². The summed E-state index contributed by atoms with van der Waals surface area (Å²) in [5, 5.41) is 3.56. The standard InChI is InChI=1S/C20H22ClN3O2/c1-13(11-22)20(26)23-17-7-8-18-15(10-17)4-9-19(25)24(18)12-14-2-5-16(21)6-3-14/h2-3,5-8,10,13H,4,9,11-12,22H2,1H3,(H,23,26). The average Bonchev–Trinajstić information content (AvgIpc) is 2.65. The van der Waals surface area contributed by atoms with Gasteiger partial charge in [-0.1, -0.05) is 30.7 Å². The van der Waals surface area contributed by atoms with Crippen LogP contribution in [0, 0.1) is 5.92 Å². The van der Waals surface area contributed by atoms with E-state index in [0.29, 0.717) is 31.0 Å². The number of amides is 2. The number of hydrogen-bond acceptors (Lipinski definition) is 3. The molecule has 1 heterocycles. The van der Waals surface area contributed by atoms with E-state index in [-0.39, 0.29) is 17.7 Å². The molecule has 26 heavy (non-hydrogen) atoms. The summed E-state index contributed by atoms with van der Waals surface area (Å²) < 4.78 is 0. The number of nitrogens with zero attached hydrogens (tertiary/aromatic N) is 1. The molecule has 1 atom stereocenters. The van der Waals surface area contributed by atoms with Gasteiger partial charge in [0.2, 0.25) is 11.8 Å². The fourth-order valence-electron chi connectivity index (χ4n) is 2.96. The highest BCUT2D eigenvalue weighted by Gasteiger charge is 2.24. The molecule has 5 nitrogen and oxygen atoms in total. The van der Waals surface area contributed by atoms with E-state index < -0.39 is 0 Å². The number of hydrogen-bond donors (Lipinski definition) is 2. The lowest BCUT2D eigenvalue weighted by Crippen LogP contribution is -2.34. The Hall–Kier alpha value is -2.37. The van der Waals surface area contributed by atoms with Crippen molar-refractivity contribution in [3.05, 3.63) is 58.6 Å². The molecule has 3 rings (SSSR count). The predicted molar refractivity (Wildman–Crippen MR) is 104 cm³/mol. The summed E-state index contributed by atoms with van der Waals surface area (Å²) in [4.78, 5) is 26.3. The molecule has 1 unspecified atom stereocenters. The van der Waals surface area contributed by atoms with Crippen LogP contribution >= 0.6 is 11.6 Å². The molecule has 1 aliphatic heterocycles. The van der Waals surface area contributed by atoms with Gasteiger partial charge in [0, 0.05) is 35.3 Å². The summed E-state index contributed by atoms with van der Waals surface area (Å²) >= 11 is 5.93. The minimum Gasteiger partial charge on any atom is -0.330 e. The molecule has 0 spiro atoms. The number of halogens is 1. The van der Waals surface area contributed by atoms with Crippen LogP contribution < -0.4 is 16.0 Å². The van der Waals surface area contributed by atoms with Crippen molar-refractivity contribution < 1.29 is 9.59 Å². The fourth-order valence-corrected chi connectivity index (χ4v) is 3.08. The van der Waals surface area contributed by atoms with Gasteiger partial charge in [-0.05, 0) is 47.9 Å². The van der Waals surface area contributed by atoms with E-state index in [0.717, 1.165) is 22.5 Å². The zero-order valence-corrected chi connectivity index (χ0v) is 15.4. The molecule has 1 aliphatic rings. The van der Waals surface area contributed by atoms with Gasteiger partial charge in [-0.25, -0.2) is 0 Å². The van der Waals surface area contributed by atoms with Gasteiger partial charge in [-0.3, -0.25) is 9.59 Å². The minimum atomic E-state index is -0.242. The highest BCUT2D eigenvalue weighted by Crippen LogP contribution is 2.31. The number of rotatable bonds is 5. The first-order valence-corrected chi connectivity index (χ1v) is 9.04. The van der Waals surface area contributed by atoms with Crippen LogP contribution in [0.2, 0.25) is 5.02 Å². The van der Waals surface area contributed by atoms with Crippen LogP contribution in [-0.2, 0) is 22.6 Å². The van der Waals surface area contributed by atoms with Crippen LogP contribution in [0.5, 0.6) is 0 Å². The molecule has 0 fully saturated rings. The molecule has 136 valence electrons. The molecular formula is C20H22ClN3O2. The fraction of sp³-hybridized carbons (Fsp3) is 0.300. The van der Waals surface area contributed by atoms with Crippen LogP contribution in [0.4, 0.5) is 11.4 Å². The second-order valence-electron chi connectivity index (χ2n) is 6.58. The Morgan fingerprint density at radius 2 is 1.96 bits per heavy atom. The van der Waals surface area contributed by atoms with Gasteiger partial charge in [0.15, 0.2) is 0 Å². The number of anilines is 2. The maximum atomic E-state index is 12.4. The average molecular weight is 372 g/mol. The van der Waals surface area contributed by atoms with Crippen LogP contribution in [-0.4, -0.2) is 18.4 Å². The third-order valence-corrected chi connectivity index (χ3v) is 4.85. The van der Waals surface area contributed by atoms with Crippen LogP contribution in [0.25, 0.3) is 0 Å². The van der Waals surface area contributed by atoms with Crippen molar-refractivity contribution in [2.24, 2.45) is 11.7 Å². The van der Waals surface area contributed by atoms with Crippen LogP contribution in [0.3, 0.4) is 0 Å². The first kappa shape index (κ1) is 18.4. The quantitative estimate of drug-likeness (QED) is 0.846. The van der Waals surface area contributed by atoms with E-state index in [4.69, 9.17) is 17.3 Å². The SMILES string of the molecule is CC(CN)C(=O)Nc1ccc2c(c1)CCC(=O)N2Cc1ccc(Cl)cc1. The maximum absolute atomic E-state index is 12.4. The summed E-state index contributed by atoms with van der Waals surface area (Å²) in [6.45, 7) is 2.60. The van der Waals surface area contributed by atoms with Crippen molar-refractivity contribution >= 4 is 34.8 Å². The molecule has 0 aromatic heterocycles. The number of nitrogens with two attached hydrogens (primary N) is 1. The number of aryl methyl sites for hydroxylation is 1. The Kier molecular flexibility index (Phi) is 5.59. The smallest absolute Gasteiger partial charge is 0.228 e. The van der Waals surface area contributed by atoms with E-state index >= 15 is 0 Å². The molecule has 0 bridgehead atoms. The summed E-state index contributed by atoms with van der Waals surface area (Å²) in [6.07, 6.45) is 1.12. The van der Waals surface area contributed by atoms with E-state index in [1.54, 1.807) is 11.8 Å². The van der Waals surface area contributed by atoms with Crippen LogP contribution in [0.15, 0.2) is 42.5 Å². The lowest BCUT2D eigenvalue weighted by atomic mass is 9.99. The summed E-state index contributed by atoms with van der Waals surface area (Å²) in [5.41, 5.74) is 9.23. The number of benzene rings is 2. The van der Waals surface area contributed by atoms with Crippen molar-refractivity contribution in [1.29, 1.82) is 0 Å². The summed E-state index contributed by atoms with van der Waals surface area (Å²) in [5.74, 6) is -0.243. The van der Waals surface area contributed by atoms with Gasteiger partial charge >= 0.3 is 0 Å². The van der Waals surface area contributed by atoms with Crippen molar-refractivity contribution in [2.45, 2.75) is 26.3 Å². The summed E-state index contributed by atoms with van der Waals surface area (Å²) in [7, 11) is 0. The number of carbonyl (C=O) groups excluding carboxylic acids is 2. The lowest BCUT2D eigenvalue weighted by Gasteiger charge is -2.30. The Balaban J connectivity index is 1.81. The highest BCUT2D eigenvalue weighted by atomic mass is 35.5. The molecule has 0 radical (unpaired) electrons. The Morgan fingerprint density at radius 3 is 2.65 bits per heavy atom. The first-order chi connectivity index (χ1) is 12.5. The van der Waals surface area contributed by atoms with E-state index in [2.05, 4.69) is 5.32 Å². The predicted octanol–water partition coefficient (Wildman–Crippen LogP) is 3.35. The summed E-state index contributed by atoms with van der Waals surface area (Å²) in [6, 6.07) is 13.2. The largest absolute Gasteiger partial charge is 0.330 e. The first-order valence-electron chi connectivity index (χ1n) is 8.66. The Labute approximate surface area is 158 Å². The van der Waals surface area contributed by atoms with Crippen molar-refractivity contribution in [2.75, 3.05) is 16.8 Å². The molecule has 6 heteroatoms. The minimum absolute atomic E-state index is 0.0981. The van der Waals surface area contributed by atoms with Crippen molar-refractivity contribution in [1.82, 2.24) is 0 Å². The zero-order valence-electron chi connectivity index (χ0n) is 14.7. The van der Waals surface area contributed by atoms with Gasteiger partial charge in [-0.15, -0.1) is 0 Å². The molecule has 2 aromatic rings. The number of nitrogens with one attached hydrogen (secondary N) is 1. The molecule has 3 N–H and O–H groups in total. The van der Waals surface area contributed by atoms with E-state index in [1.165, 1.54) is 0 Å². The monoisotopic (exact) mass is 371 g/mol. The maximum Gasteiger partial charge on any atom is 0.228 e. The molecule has 2 amide bonds. The molecule has 0 saturated carbocycles. The second kappa shape index (κ2) is 7.89. The van der Waals surface area contributed by atoms with Gasteiger partial charge in [0.1, 0.15) is 0 Å². The Morgan fingerprint density at radius 1 is 1.23 bits per heavy atom. The molecular weight excluding hydrogens is 350 g/mol. The van der Waals surface area contributed by atoms with Gasteiger partial charge < -0.3 is 16.0 Å². The lowest BCUT2D eigenvalue weighted by molar-refractivity contribution is -0.119. The highest BCUT2D eigenvalue weighted by molar-refractivity contribution is 6.30. The van der Waals surface area contributed by atoms with E-state index in [1.807, 2.05) is 42.5 Å². The third kappa shape index (κ3) is 4.06. The van der Waals surface area contributed by atoms with Crippen molar-refractivity contribution in [3.63, 3.8) is 0 Å². The second-order valence-corrected chi connectivity index (χ2v) is 7.01. The molecule has 2 aromatic carbocycles. The topological polar surface area (TPSA) is 75.4 Å². The molecule has 0 saturated heterocycles. The van der Waals surface area contributed by atoms with Gasteiger partial charge in [0.25, 0.3) is 0 Å².